The van der Waals surface area contributed by atoms with Crippen molar-refractivity contribution in [3.63, 3.8) is 0 Å². The van der Waals surface area contributed by atoms with E-state index in [0.29, 0.717) is 29.9 Å². The lowest BCUT2D eigenvalue weighted by Crippen LogP contribution is -2.32. The molecule has 1 amide bonds. The molecule has 2 heterocycles. The SMILES string of the molecule is O=C(NCC1CCCO1)c1cc(NC2CC2)nc(-c2ccccc2)n1. The monoisotopic (exact) mass is 338 g/mol. The number of carbonyl (C=O) groups excluding carboxylic acids is 1. The number of aromatic nitrogens is 2. The summed E-state index contributed by atoms with van der Waals surface area (Å²) in [6, 6.07) is 11.9. The maximum atomic E-state index is 12.6. The second-order valence-corrected chi connectivity index (χ2v) is 6.59. The Bertz CT molecular complexity index is 740. The van der Waals surface area contributed by atoms with Crippen LogP contribution in [0.5, 0.6) is 0 Å². The number of nitrogens with one attached hydrogen (secondary N) is 2. The Morgan fingerprint density at radius 3 is 2.72 bits per heavy atom. The Kier molecular flexibility index (Phi) is 4.61. The molecule has 2 N–H and O–H groups in total. The van der Waals surface area contributed by atoms with Crippen LogP contribution in [-0.4, -0.2) is 41.2 Å². The van der Waals surface area contributed by atoms with E-state index in [1.807, 2.05) is 30.3 Å². The minimum absolute atomic E-state index is 0.114. The van der Waals surface area contributed by atoms with Gasteiger partial charge in [0, 0.05) is 30.8 Å². The van der Waals surface area contributed by atoms with E-state index in [1.165, 1.54) is 0 Å². The number of amides is 1. The Morgan fingerprint density at radius 2 is 2.00 bits per heavy atom. The van der Waals surface area contributed by atoms with Gasteiger partial charge in [0.1, 0.15) is 11.5 Å². The molecule has 1 saturated heterocycles. The van der Waals surface area contributed by atoms with Crippen molar-refractivity contribution in [3.8, 4) is 11.4 Å². The molecule has 1 unspecified atom stereocenters. The first kappa shape index (κ1) is 16.0. The number of hydrogen-bond donors (Lipinski definition) is 2. The molecule has 1 atom stereocenters. The summed E-state index contributed by atoms with van der Waals surface area (Å²) >= 11 is 0. The van der Waals surface area contributed by atoms with Crippen LogP contribution < -0.4 is 10.6 Å². The quantitative estimate of drug-likeness (QED) is 0.847. The Labute approximate surface area is 147 Å². The highest BCUT2D eigenvalue weighted by Crippen LogP contribution is 2.25. The van der Waals surface area contributed by atoms with Crippen LogP contribution >= 0.6 is 0 Å². The van der Waals surface area contributed by atoms with E-state index in [9.17, 15) is 4.79 Å². The number of rotatable bonds is 6. The highest BCUT2D eigenvalue weighted by Gasteiger charge is 2.23. The maximum absolute atomic E-state index is 12.6. The van der Waals surface area contributed by atoms with Crippen molar-refractivity contribution in [1.29, 1.82) is 0 Å². The first-order chi connectivity index (χ1) is 12.3. The Hall–Kier alpha value is -2.47. The lowest BCUT2D eigenvalue weighted by atomic mass is 10.2. The molecule has 2 aromatic rings. The Balaban J connectivity index is 1.55. The third-order valence-corrected chi connectivity index (χ3v) is 4.43. The van der Waals surface area contributed by atoms with Crippen molar-refractivity contribution in [3.05, 3.63) is 42.1 Å². The van der Waals surface area contributed by atoms with Crippen LogP contribution in [0.15, 0.2) is 36.4 Å². The molecule has 1 aromatic carbocycles. The van der Waals surface area contributed by atoms with Crippen LogP contribution in [0, 0.1) is 0 Å². The lowest BCUT2D eigenvalue weighted by Gasteiger charge is -2.12. The minimum Gasteiger partial charge on any atom is -0.376 e. The summed E-state index contributed by atoms with van der Waals surface area (Å²) in [5, 5.41) is 6.30. The normalized spacial score (nSPS) is 19.6. The summed E-state index contributed by atoms with van der Waals surface area (Å²) in [5.74, 6) is 1.08. The summed E-state index contributed by atoms with van der Waals surface area (Å²) in [5.41, 5.74) is 1.28. The molecule has 130 valence electrons. The zero-order chi connectivity index (χ0) is 17.1. The molecular weight excluding hydrogens is 316 g/mol. The zero-order valence-corrected chi connectivity index (χ0v) is 14.1. The zero-order valence-electron chi connectivity index (χ0n) is 14.1. The smallest absolute Gasteiger partial charge is 0.270 e. The molecule has 1 aromatic heterocycles. The van der Waals surface area contributed by atoms with E-state index in [2.05, 4.69) is 20.6 Å². The molecule has 0 spiro atoms. The number of nitrogens with zero attached hydrogens (tertiary/aromatic N) is 2. The largest absolute Gasteiger partial charge is 0.376 e. The second kappa shape index (κ2) is 7.19. The van der Waals surface area contributed by atoms with Crippen LogP contribution in [0.2, 0.25) is 0 Å². The molecule has 2 fully saturated rings. The van der Waals surface area contributed by atoms with Gasteiger partial charge in [-0.1, -0.05) is 30.3 Å². The van der Waals surface area contributed by atoms with Crippen LogP contribution in [0.4, 0.5) is 5.82 Å². The first-order valence-corrected chi connectivity index (χ1v) is 8.89. The van der Waals surface area contributed by atoms with E-state index in [4.69, 9.17) is 4.74 Å². The summed E-state index contributed by atoms with van der Waals surface area (Å²) < 4.78 is 5.56. The fraction of sp³-hybridized carbons (Fsp3) is 0.421. The standard InChI is InChI=1S/C19H22N4O2/c24-19(20-12-15-7-4-10-25-15)16-11-17(21-14-8-9-14)23-18(22-16)13-5-2-1-3-6-13/h1-3,5-6,11,14-15H,4,7-10,12H2,(H,20,24)(H,21,22,23). The molecule has 2 aliphatic rings. The van der Waals surface area contributed by atoms with E-state index in [-0.39, 0.29) is 12.0 Å². The highest BCUT2D eigenvalue weighted by molar-refractivity contribution is 5.93. The van der Waals surface area contributed by atoms with Crippen molar-refractivity contribution in [2.45, 2.75) is 37.8 Å². The molecule has 1 saturated carbocycles. The molecule has 0 bridgehead atoms. The molecule has 4 rings (SSSR count). The first-order valence-electron chi connectivity index (χ1n) is 8.89. The lowest BCUT2D eigenvalue weighted by molar-refractivity contribution is 0.0853. The fourth-order valence-corrected chi connectivity index (χ4v) is 2.89. The molecule has 1 aliphatic heterocycles. The van der Waals surface area contributed by atoms with Gasteiger partial charge in [-0.2, -0.15) is 0 Å². The van der Waals surface area contributed by atoms with Crippen LogP contribution in [-0.2, 0) is 4.74 Å². The summed E-state index contributed by atoms with van der Waals surface area (Å²) in [7, 11) is 0. The minimum atomic E-state index is -0.186. The molecule has 25 heavy (non-hydrogen) atoms. The predicted molar refractivity (Wildman–Crippen MR) is 95.4 cm³/mol. The number of ether oxygens (including phenoxy) is 1. The van der Waals surface area contributed by atoms with Crippen LogP contribution in [0.3, 0.4) is 0 Å². The van der Waals surface area contributed by atoms with Crippen molar-refractivity contribution in [2.75, 3.05) is 18.5 Å². The summed E-state index contributed by atoms with van der Waals surface area (Å²) in [4.78, 5) is 21.6. The summed E-state index contributed by atoms with van der Waals surface area (Å²) in [6.07, 6.45) is 4.45. The van der Waals surface area contributed by atoms with Crippen molar-refractivity contribution in [2.24, 2.45) is 0 Å². The highest BCUT2D eigenvalue weighted by atomic mass is 16.5. The number of anilines is 1. The van der Waals surface area contributed by atoms with Crippen LogP contribution in [0.1, 0.15) is 36.2 Å². The van der Waals surface area contributed by atoms with Gasteiger partial charge in [0.25, 0.3) is 5.91 Å². The number of carbonyl (C=O) groups is 1. The molecule has 1 aliphatic carbocycles. The van der Waals surface area contributed by atoms with Gasteiger partial charge >= 0.3 is 0 Å². The predicted octanol–water partition coefficient (Wildman–Crippen LogP) is 2.63. The van der Waals surface area contributed by atoms with Crippen molar-refractivity contribution < 1.29 is 9.53 Å². The molecular formula is C19H22N4O2. The van der Waals surface area contributed by atoms with Crippen LogP contribution in [0.25, 0.3) is 11.4 Å². The van der Waals surface area contributed by atoms with Crippen molar-refractivity contribution in [1.82, 2.24) is 15.3 Å². The number of benzene rings is 1. The van der Waals surface area contributed by atoms with Gasteiger partial charge in [-0.25, -0.2) is 9.97 Å². The van der Waals surface area contributed by atoms with Gasteiger partial charge in [0.2, 0.25) is 0 Å². The fourth-order valence-electron chi connectivity index (χ4n) is 2.89. The van der Waals surface area contributed by atoms with Gasteiger partial charge in [-0.3, -0.25) is 4.79 Å². The van der Waals surface area contributed by atoms with E-state index >= 15 is 0 Å². The van der Waals surface area contributed by atoms with E-state index in [1.54, 1.807) is 6.07 Å². The van der Waals surface area contributed by atoms with Gasteiger partial charge < -0.3 is 15.4 Å². The van der Waals surface area contributed by atoms with Crippen molar-refractivity contribution >= 4 is 11.7 Å². The van der Waals surface area contributed by atoms with Gasteiger partial charge in [0.15, 0.2) is 5.82 Å². The van der Waals surface area contributed by atoms with Gasteiger partial charge in [-0.15, -0.1) is 0 Å². The average molecular weight is 338 g/mol. The third kappa shape index (κ3) is 4.14. The topological polar surface area (TPSA) is 76.1 Å². The summed E-state index contributed by atoms with van der Waals surface area (Å²) in [6.45, 7) is 1.30. The maximum Gasteiger partial charge on any atom is 0.270 e. The molecule has 6 heteroatoms. The van der Waals surface area contributed by atoms with E-state index in [0.717, 1.165) is 37.9 Å². The Morgan fingerprint density at radius 1 is 1.16 bits per heavy atom. The average Bonchev–Trinajstić information content (AvgIpc) is 3.31. The molecule has 0 radical (unpaired) electrons. The number of hydrogen-bond acceptors (Lipinski definition) is 5. The van der Waals surface area contributed by atoms with Gasteiger partial charge in [-0.05, 0) is 25.7 Å². The second-order valence-electron chi connectivity index (χ2n) is 6.59. The van der Waals surface area contributed by atoms with Gasteiger partial charge in [0.05, 0.1) is 6.10 Å². The van der Waals surface area contributed by atoms with E-state index < -0.39 is 0 Å². The molecule has 6 nitrogen and oxygen atoms in total. The third-order valence-electron chi connectivity index (χ3n) is 4.43.